The van der Waals surface area contributed by atoms with Gasteiger partial charge in [-0.25, -0.2) is 4.79 Å². The van der Waals surface area contributed by atoms with E-state index in [0.717, 1.165) is 37.6 Å². The molecule has 126 valence electrons. The van der Waals surface area contributed by atoms with Gasteiger partial charge in [-0.2, -0.15) is 0 Å². The number of anilines is 2. The maximum Gasteiger partial charge on any atom is 0.410 e. The summed E-state index contributed by atoms with van der Waals surface area (Å²) < 4.78 is 10.8. The van der Waals surface area contributed by atoms with Crippen LogP contribution in [0.4, 0.5) is 16.2 Å². The molecule has 2 fully saturated rings. The molecule has 1 aromatic rings. The second-order valence-electron chi connectivity index (χ2n) is 7.62. The molecule has 3 rings (SSSR count). The Morgan fingerprint density at radius 2 is 1.87 bits per heavy atom. The van der Waals surface area contributed by atoms with E-state index in [1.54, 1.807) is 12.0 Å². The summed E-state index contributed by atoms with van der Waals surface area (Å²) in [5.41, 5.74) is 7.31. The van der Waals surface area contributed by atoms with Gasteiger partial charge in [0, 0.05) is 43.3 Å². The number of hydrogen-bond acceptors (Lipinski definition) is 5. The number of hydrogen-bond donors (Lipinski definition) is 1. The molecule has 0 aliphatic carbocycles. The molecule has 6 heteroatoms. The van der Waals surface area contributed by atoms with E-state index >= 15 is 0 Å². The predicted molar refractivity (Wildman–Crippen MR) is 89.9 cm³/mol. The summed E-state index contributed by atoms with van der Waals surface area (Å²) in [4.78, 5) is 16.1. The lowest BCUT2D eigenvalue weighted by atomic mass is 9.73. The lowest BCUT2D eigenvalue weighted by molar-refractivity contribution is -0.0453. The number of ether oxygens (including phenoxy) is 2. The fourth-order valence-electron chi connectivity index (χ4n) is 3.31. The van der Waals surface area contributed by atoms with Gasteiger partial charge in [-0.05, 0) is 32.9 Å². The van der Waals surface area contributed by atoms with Crippen molar-refractivity contribution >= 4 is 17.5 Å². The minimum atomic E-state index is -0.442. The van der Waals surface area contributed by atoms with Crippen LogP contribution in [-0.4, -0.2) is 49.9 Å². The van der Waals surface area contributed by atoms with Crippen molar-refractivity contribution in [1.29, 1.82) is 0 Å². The Kier molecular flexibility index (Phi) is 3.58. The van der Waals surface area contributed by atoms with Crippen LogP contribution in [0.2, 0.25) is 0 Å². The number of carbonyl (C=O) groups is 1. The van der Waals surface area contributed by atoms with Gasteiger partial charge in [-0.1, -0.05) is 0 Å². The van der Waals surface area contributed by atoms with E-state index in [-0.39, 0.29) is 11.5 Å². The molecule has 0 aromatic heterocycles. The zero-order valence-corrected chi connectivity index (χ0v) is 14.3. The Balaban J connectivity index is 1.56. The third-order valence-electron chi connectivity index (χ3n) is 4.30. The van der Waals surface area contributed by atoms with Gasteiger partial charge in [-0.3, -0.25) is 0 Å². The summed E-state index contributed by atoms with van der Waals surface area (Å²) in [7, 11) is 1.65. The number of nitrogen functional groups attached to an aromatic ring is 1. The molecule has 6 nitrogen and oxygen atoms in total. The molecule has 2 aliphatic rings. The number of carbonyl (C=O) groups excluding carboxylic acids is 1. The van der Waals surface area contributed by atoms with E-state index in [1.807, 2.05) is 39.0 Å². The highest BCUT2D eigenvalue weighted by molar-refractivity contribution is 5.71. The number of methoxy groups -OCH3 is 1. The lowest BCUT2D eigenvalue weighted by Gasteiger charge is -2.60. The van der Waals surface area contributed by atoms with Gasteiger partial charge in [0.15, 0.2) is 0 Å². The SMILES string of the molecule is COc1cc(N)ccc1N1CC2(CN(C(=O)OC(C)(C)C)C2)C1. The Bertz CT molecular complexity index is 610. The Labute approximate surface area is 137 Å². The van der Waals surface area contributed by atoms with Crippen molar-refractivity contribution in [1.82, 2.24) is 4.90 Å². The first-order valence-electron chi connectivity index (χ1n) is 7.88. The van der Waals surface area contributed by atoms with E-state index in [0.29, 0.717) is 5.69 Å². The van der Waals surface area contributed by atoms with Crippen molar-refractivity contribution in [3.05, 3.63) is 18.2 Å². The average molecular weight is 319 g/mol. The van der Waals surface area contributed by atoms with Crippen LogP contribution in [0.1, 0.15) is 20.8 Å². The molecule has 0 atom stereocenters. The first-order chi connectivity index (χ1) is 10.7. The molecular weight excluding hydrogens is 294 g/mol. The van der Waals surface area contributed by atoms with Gasteiger partial charge in [0.25, 0.3) is 0 Å². The van der Waals surface area contributed by atoms with Crippen LogP contribution in [0.5, 0.6) is 5.75 Å². The zero-order valence-electron chi connectivity index (χ0n) is 14.3. The van der Waals surface area contributed by atoms with Gasteiger partial charge in [0.2, 0.25) is 0 Å². The van der Waals surface area contributed by atoms with E-state index in [4.69, 9.17) is 15.2 Å². The minimum Gasteiger partial charge on any atom is -0.495 e. The largest absolute Gasteiger partial charge is 0.495 e. The molecule has 23 heavy (non-hydrogen) atoms. The first-order valence-corrected chi connectivity index (χ1v) is 7.88. The molecule has 1 aromatic carbocycles. The van der Waals surface area contributed by atoms with Gasteiger partial charge in [-0.15, -0.1) is 0 Å². The van der Waals surface area contributed by atoms with Crippen LogP contribution in [0, 0.1) is 5.41 Å². The smallest absolute Gasteiger partial charge is 0.410 e. The molecule has 2 N–H and O–H groups in total. The molecule has 2 heterocycles. The van der Waals surface area contributed by atoms with Crippen molar-refractivity contribution in [3.8, 4) is 5.75 Å². The van der Waals surface area contributed by atoms with Crippen LogP contribution in [-0.2, 0) is 4.74 Å². The zero-order chi connectivity index (χ0) is 16.8. The average Bonchev–Trinajstić information content (AvgIpc) is 2.34. The number of benzene rings is 1. The molecule has 0 unspecified atom stereocenters. The number of nitrogens with zero attached hydrogens (tertiary/aromatic N) is 2. The van der Waals surface area contributed by atoms with E-state index in [1.165, 1.54) is 0 Å². The summed E-state index contributed by atoms with van der Waals surface area (Å²) in [6, 6.07) is 5.72. The lowest BCUT2D eigenvalue weighted by Crippen LogP contribution is -2.73. The Morgan fingerprint density at radius 3 is 2.43 bits per heavy atom. The molecule has 0 radical (unpaired) electrons. The fraction of sp³-hybridized carbons (Fsp3) is 0.588. The molecule has 1 amide bonds. The quantitative estimate of drug-likeness (QED) is 0.847. The summed E-state index contributed by atoms with van der Waals surface area (Å²) >= 11 is 0. The van der Waals surface area contributed by atoms with Gasteiger partial charge in [0.1, 0.15) is 11.4 Å². The third kappa shape index (κ3) is 3.02. The van der Waals surface area contributed by atoms with Crippen molar-refractivity contribution in [2.24, 2.45) is 5.41 Å². The number of nitrogens with two attached hydrogens (primary N) is 1. The molecular formula is C17H25N3O3. The number of rotatable bonds is 2. The highest BCUT2D eigenvalue weighted by atomic mass is 16.6. The van der Waals surface area contributed by atoms with E-state index in [2.05, 4.69) is 4.90 Å². The molecule has 2 saturated heterocycles. The molecule has 0 bridgehead atoms. The summed E-state index contributed by atoms with van der Waals surface area (Å²) in [6.07, 6.45) is -0.216. The highest BCUT2D eigenvalue weighted by Gasteiger charge is 2.54. The monoisotopic (exact) mass is 319 g/mol. The molecule has 1 spiro atoms. The summed E-state index contributed by atoms with van der Waals surface area (Å²) in [5, 5.41) is 0. The number of amides is 1. The standard InChI is InChI=1S/C17H25N3O3/c1-16(2,3)23-15(21)20-10-17(11-20)8-19(9-17)13-6-5-12(18)7-14(13)22-4/h5-7H,8-11,18H2,1-4H3. The van der Waals surface area contributed by atoms with Crippen molar-refractivity contribution in [3.63, 3.8) is 0 Å². The van der Waals surface area contributed by atoms with Gasteiger partial charge in [0.05, 0.1) is 12.8 Å². The predicted octanol–water partition coefficient (Wildman–Crippen LogP) is 2.33. The Morgan fingerprint density at radius 1 is 1.22 bits per heavy atom. The van der Waals surface area contributed by atoms with Crippen molar-refractivity contribution in [2.75, 3.05) is 43.9 Å². The molecule has 2 aliphatic heterocycles. The normalized spacial score (nSPS) is 19.1. The van der Waals surface area contributed by atoms with E-state index in [9.17, 15) is 4.79 Å². The third-order valence-corrected chi connectivity index (χ3v) is 4.30. The maximum absolute atomic E-state index is 12.0. The van der Waals surface area contributed by atoms with Crippen LogP contribution in [0.15, 0.2) is 18.2 Å². The maximum atomic E-state index is 12.0. The summed E-state index contributed by atoms with van der Waals surface area (Å²) in [6.45, 7) is 9.03. The minimum absolute atomic E-state index is 0.198. The second kappa shape index (κ2) is 5.22. The van der Waals surface area contributed by atoms with Crippen LogP contribution in [0.25, 0.3) is 0 Å². The molecule has 0 saturated carbocycles. The Hall–Kier alpha value is -2.11. The van der Waals surface area contributed by atoms with Gasteiger partial charge >= 0.3 is 6.09 Å². The van der Waals surface area contributed by atoms with E-state index < -0.39 is 5.60 Å². The fourth-order valence-corrected chi connectivity index (χ4v) is 3.31. The van der Waals surface area contributed by atoms with Crippen LogP contribution in [0.3, 0.4) is 0 Å². The number of likely N-dealkylation sites (tertiary alicyclic amines) is 1. The topological polar surface area (TPSA) is 68.0 Å². The van der Waals surface area contributed by atoms with Crippen molar-refractivity contribution in [2.45, 2.75) is 26.4 Å². The highest BCUT2D eigenvalue weighted by Crippen LogP contribution is 2.45. The van der Waals surface area contributed by atoms with Crippen LogP contribution >= 0.6 is 0 Å². The van der Waals surface area contributed by atoms with Crippen LogP contribution < -0.4 is 15.4 Å². The van der Waals surface area contributed by atoms with Gasteiger partial charge < -0.3 is 25.0 Å². The first kappa shape index (κ1) is 15.8. The van der Waals surface area contributed by atoms with Crippen molar-refractivity contribution < 1.29 is 14.3 Å². The summed E-state index contributed by atoms with van der Waals surface area (Å²) in [5.74, 6) is 0.795. The second-order valence-corrected chi connectivity index (χ2v) is 7.62.